The summed E-state index contributed by atoms with van der Waals surface area (Å²) in [6, 6.07) is 5.49. The van der Waals surface area contributed by atoms with Gasteiger partial charge in [-0.2, -0.15) is 4.98 Å². The van der Waals surface area contributed by atoms with E-state index in [0.29, 0.717) is 48.9 Å². The Morgan fingerprint density at radius 3 is 2.86 bits per heavy atom. The molecule has 0 bridgehead atoms. The maximum atomic E-state index is 11.8. The monoisotopic (exact) mass is 388 g/mol. The van der Waals surface area contributed by atoms with Crippen LogP contribution in [0.15, 0.2) is 22.7 Å². The van der Waals surface area contributed by atoms with Crippen molar-refractivity contribution in [3.63, 3.8) is 0 Å². The third kappa shape index (κ3) is 4.68. The Hall–Kier alpha value is -2.90. The number of ether oxygens (including phenoxy) is 2. The molecule has 0 saturated heterocycles. The standard InChI is InChI=1S/C20H24N2O6/c1-2-14(20(24)25)15(13-7-8-16-17(10-13)27-12-26-16)11-19-21-18(22-28-19)6-4-3-5-9-23/h7-10,14-15H,2-6,11-12H2,1H3,(H,24,25)/t14?,15-/m0/s1. The van der Waals surface area contributed by atoms with Gasteiger partial charge in [0, 0.05) is 25.2 Å². The predicted molar refractivity (Wildman–Crippen MR) is 98.3 cm³/mol. The molecule has 0 radical (unpaired) electrons. The first kappa shape index (κ1) is 19.9. The highest BCUT2D eigenvalue weighted by molar-refractivity contribution is 5.71. The number of carboxylic acids is 1. The van der Waals surface area contributed by atoms with E-state index in [2.05, 4.69) is 10.1 Å². The Kier molecular flexibility index (Phi) is 6.62. The number of nitrogens with zero attached hydrogens (tertiary/aromatic N) is 2. The van der Waals surface area contributed by atoms with Gasteiger partial charge >= 0.3 is 5.97 Å². The van der Waals surface area contributed by atoms with Crippen molar-refractivity contribution in [3.8, 4) is 11.5 Å². The molecule has 0 saturated carbocycles. The lowest BCUT2D eigenvalue weighted by atomic mass is 9.82. The highest BCUT2D eigenvalue weighted by atomic mass is 16.7. The molecule has 0 amide bonds. The average molecular weight is 388 g/mol. The molecule has 0 spiro atoms. The second-order valence-electron chi connectivity index (χ2n) is 6.79. The molecule has 3 rings (SSSR count). The largest absolute Gasteiger partial charge is 0.481 e. The molecule has 0 fully saturated rings. The van der Waals surface area contributed by atoms with Crippen LogP contribution in [0.25, 0.3) is 0 Å². The van der Waals surface area contributed by atoms with E-state index in [0.717, 1.165) is 24.7 Å². The van der Waals surface area contributed by atoms with Gasteiger partial charge in [-0.25, -0.2) is 0 Å². The van der Waals surface area contributed by atoms with Crippen LogP contribution in [-0.2, 0) is 22.4 Å². The van der Waals surface area contributed by atoms with Crippen molar-refractivity contribution >= 4 is 12.3 Å². The van der Waals surface area contributed by atoms with Gasteiger partial charge in [0.1, 0.15) is 6.29 Å². The van der Waals surface area contributed by atoms with Gasteiger partial charge in [0.25, 0.3) is 0 Å². The lowest BCUT2D eigenvalue weighted by Crippen LogP contribution is -2.23. The van der Waals surface area contributed by atoms with E-state index in [-0.39, 0.29) is 12.7 Å². The zero-order valence-corrected chi connectivity index (χ0v) is 15.8. The molecule has 0 aliphatic carbocycles. The van der Waals surface area contributed by atoms with E-state index in [1.165, 1.54) is 0 Å². The quantitative estimate of drug-likeness (QED) is 0.461. The summed E-state index contributed by atoms with van der Waals surface area (Å²) in [6.45, 7) is 2.02. The fraction of sp³-hybridized carbons (Fsp3) is 0.500. The van der Waals surface area contributed by atoms with Crippen LogP contribution < -0.4 is 9.47 Å². The predicted octanol–water partition coefficient (Wildman–Crippen LogP) is 3.15. The van der Waals surface area contributed by atoms with Crippen LogP contribution in [0, 0.1) is 5.92 Å². The summed E-state index contributed by atoms with van der Waals surface area (Å²) < 4.78 is 16.1. The number of aromatic nitrogens is 2. The number of hydrogen-bond acceptors (Lipinski definition) is 7. The Balaban J connectivity index is 1.77. The Morgan fingerprint density at radius 1 is 1.29 bits per heavy atom. The molecule has 2 aromatic rings. The summed E-state index contributed by atoms with van der Waals surface area (Å²) in [5, 5.41) is 13.7. The highest BCUT2D eigenvalue weighted by Gasteiger charge is 2.31. The molecule has 8 heteroatoms. The summed E-state index contributed by atoms with van der Waals surface area (Å²) in [6.07, 6.45) is 4.43. The molecule has 1 N–H and O–H groups in total. The molecule has 2 heterocycles. The summed E-state index contributed by atoms with van der Waals surface area (Å²) in [7, 11) is 0. The van der Waals surface area contributed by atoms with E-state index in [1.807, 2.05) is 19.1 Å². The molecule has 1 unspecified atom stereocenters. The number of benzene rings is 1. The Labute approximate surface area is 162 Å². The zero-order valence-electron chi connectivity index (χ0n) is 15.8. The van der Waals surface area contributed by atoms with Gasteiger partial charge in [0.05, 0.1) is 5.92 Å². The van der Waals surface area contributed by atoms with E-state index in [9.17, 15) is 14.7 Å². The van der Waals surface area contributed by atoms with Crippen LogP contribution >= 0.6 is 0 Å². The summed E-state index contributed by atoms with van der Waals surface area (Å²) >= 11 is 0. The lowest BCUT2D eigenvalue weighted by molar-refractivity contribution is -0.142. The van der Waals surface area contributed by atoms with Crippen LogP contribution in [0.5, 0.6) is 11.5 Å². The molecule has 1 aromatic carbocycles. The van der Waals surface area contributed by atoms with E-state index in [1.54, 1.807) is 6.07 Å². The minimum Gasteiger partial charge on any atom is -0.481 e. The summed E-state index contributed by atoms with van der Waals surface area (Å²) in [5.74, 6) is 0.467. The maximum Gasteiger partial charge on any atom is 0.307 e. The van der Waals surface area contributed by atoms with Gasteiger partial charge in [-0.1, -0.05) is 18.1 Å². The molecule has 2 atom stereocenters. The summed E-state index contributed by atoms with van der Waals surface area (Å²) in [4.78, 5) is 26.6. The van der Waals surface area contributed by atoms with Crippen LogP contribution in [0.2, 0.25) is 0 Å². The number of carbonyl (C=O) groups is 2. The third-order valence-electron chi connectivity index (χ3n) is 4.94. The normalized spacial score (nSPS) is 14.6. The second kappa shape index (κ2) is 9.34. The van der Waals surface area contributed by atoms with Crippen molar-refractivity contribution in [3.05, 3.63) is 35.5 Å². The Morgan fingerprint density at radius 2 is 2.11 bits per heavy atom. The molecule has 8 nitrogen and oxygen atoms in total. The second-order valence-corrected chi connectivity index (χ2v) is 6.79. The van der Waals surface area contributed by atoms with Crippen LogP contribution in [0.4, 0.5) is 0 Å². The van der Waals surface area contributed by atoms with Crippen molar-refractivity contribution < 1.29 is 28.7 Å². The average Bonchev–Trinajstić information content (AvgIpc) is 3.33. The molecule has 1 aliphatic heterocycles. The zero-order chi connectivity index (χ0) is 19.9. The number of aryl methyl sites for hydroxylation is 1. The molecular formula is C20H24N2O6. The number of carbonyl (C=O) groups excluding carboxylic acids is 1. The van der Waals surface area contributed by atoms with Crippen LogP contribution in [0.1, 0.15) is 55.8 Å². The Bertz CT molecular complexity index is 819. The number of hydrogen-bond donors (Lipinski definition) is 1. The molecule has 1 aromatic heterocycles. The van der Waals surface area contributed by atoms with Crippen molar-refractivity contribution in [2.24, 2.45) is 5.92 Å². The maximum absolute atomic E-state index is 11.8. The third-order valence-corrected chi connectivity index (χ3v) is 4.94. The number of fused-ring (bicyclic) bond motifs is 1. The van der Waals surface area contributed by atoms with Gasteiger partial charge in [-0.05, 0) is 37.0 Å². The van der Waals surface area contributed by atoms with Gasteiger partial charge in [-0.15, -0.1) is 0 Å². The van der Waals surface area contributed by atoms with Crippen molar-refractivity contribution in [2.45, 2.75) is 51.4 Å². The van der Waals surface area contributed by atoms with Crippen LogP contribution in [0.3, 0.4) is 0 Å². The van der Waals surface area contributed by atoms with Gasteiger partial charge < -0.3 is 23.9 Å². The first-order valence-electron chi connectivity index (χ1n) is 9.49. The number of aliphatic carboxylic acids is 1. The highest BCUT2D eigenvalue weighted by Crippen LogP contribution is 2.38. The minimum absolute atomic E-state index is 0.163. The topological polar surface area (TPSA) is 112 Å². The van der Waals surface area contributed by atoms with Crippen molar-refractivity contribution in [1.29, 1.82) is 0 Å². The van der Waals surface area contributed by atoms with E-state index >= 15 is 0 Å². The molecule has 1 aliphatic rings. The van der Waals surface area contributed by atoms with Crippen molar-refractivity contribution in [1.82, 2.24) is 10.1 Å². The number of rotatable bonds is 11. The minimum atomic E-state index is -0.862. The van der Waals surface area contributed by atoms with E-state index in [4.69, 9.17) is 14.0 Å². The number of unbranched alkanes of at least 4 members (excludes halogenated alkanes) is 2. The van der Waals surface area contributed by atoms with Crippen molar-refractivity contribution in [2.75, 3.05) is 6.79 Å². The fourth-order valence-corrected chi connectivity index (χ4v) is 3.44. The van der Waals surface area contributed by atoms with Crippen LogP contribution in [-0.4, -0.2) is 34.3 Å². The first-order valence-corrected chi connectivity index (χ1v) is 9.49. The SMILES string of the molecule is CCC(C(=O)O)[C@@H](Cc1nc(CCCCC=O)no1)c1ccc2c(c1)OCO2. The molecule has 150 valence electrons. The lowest BCUT2D eigenvalue weighted by Gasteiger charge is -2.22. The van der Waals surface area contributed by atoms with E-state index < -0.39 is 11.9 Å². The molecule has 28 heavy (non-hydrogen) atoms. The number of carboxylic acid groups (broad SMARTS) is 1. The smallest absolute Gasteiger partial charge is 0.307 e. The van der Waals surface area contributed by atoms with Gasteiger partial charge in [0.2, 0.25) is 12.7 Å². The fourth-order valence-electron chi connectivity index (χ4n) is 3.44. The van der Waals surface area contributed by atoms with Gasteiger partial charge in [0.15, 0.2) is 17.3 Å². The number of aldehydes is 1. The molecular weight excluding hydrogens is 364 g/mol. The van der Waals surface area contributed by atoms with Gasteiger partial charge in [-0.3, -0.25) is 4.79 Å². The first-order chi connectivity index (χ1) is 13.6. The summed E-state index contributed by atoms with van der Waals surface area (Å²) in [5.41, 5.74) is 0.837.